The van der Waals surface area contributed by atoms with E-state index in [0.717, 1.165) is 16.9 Å². The summed E-state index contributed by atoms with van der Waals surface area (Å²) < 4.78 is 11.8. The maximum Gasteiger partial charge on any atom is 0.359 e. The van der Waals surface area contributed by atoms with Crippen LogP contribution in [0.15, 0.2) is 58.7 Å². The normalized spacial score (nSPS) is 10.8. The smallest absolute Gasteiger partial charge is 0.359 e. The molecule has 180 valence electrons. The van der Waals surface area contributed by atoms with E-state index in [1.54, 1.807) is 30.5 Å². The molecule has 4 aromatic rings. The third kappa shape index (κ3) is 5.25. The van der Waals surface area contributed by atoms with Gasteiger partial charge in [0.2, 0.25) is 5.91 Å². The second kappa shape index (κ2) is 10.5. The van der Waals surface area contributed by atoms with Crippen LogP contribution in [0.4, 0.5) is 5.00 Å². The lowest BCUT2D eigenvalue weighted by Gasteiger charge is -2.10. The van der Waals surface area contributed by atoms with Gasteiger partial charge in [-0.2, -0.15) is 9.78 Å². The first kappa shape index (κ1) is 24.2. The molecule has 0 aliphatic heterocycles. The molecule has 2 aromatic carbocycles. The molecular formula is C26H25N3O5S. The Morgan fingerprint density at radius 3 is 2.54 bits per heavy atom. The van der Waals surface area contributed by atoms with Gasteiger partial charge in [0.1, 0.15) is 10.8 Å². The van der Waals surface area contributed by atoms with Gasteiger partial charge in [0.05, 0.1) is 30.7 Å². The first-order chi connectivity index (χ1) is 16.9. The van der Waals surface area contributed by atoms with Gasteiger partial charge in [-0.3, -0.25) is 9.59 Å². The molecule has 0 aliphatic carbocycles. The van der Waals surface area contributed by atoms with Gasteiger partial charge in [0.15, 0.2) is 5.69 Å². The number of esters is 1. The third-order valence-electron chi connectivity index (χ3n) is 5.22. The zero-order chi connectivity index (χ0) is 24.9. The summed E-state index contributed by atoms with van der Waals surface area (Å²) in [5.41, 5.74) is 1.84. The first-order valence-electron chi connectivity index (χ1n) is 11.2. The summed E-state index contributed by atoms with van der Waals surface area (Å²) in [6, 6.07) is 14.5. The Morgan fingerprint density at radius 1 is 1.09 bits per heavy atom. The second-order valence-electron chi connectivity index (χ2n) is 7.78. The van der Waals surface area contributed by atoms with Crippen LogP contribution in [-0.2, 0) is 16.0 Å². The molecule has 0 spiro atoms. The molecule has 2 aromatic heterocycles. The second-order valence-corrected chi connectivity index (χ2v) is 8.66. The minimum absolute atomic E-state index is 0.0196. The predicted octanol–water partition coefficient (Wildman–Crippen LogP) is 4.51. The lowest BCUT2D eigenvalue weighted by Crippen LogP contribution is -2.25. The maximum absolute atomic E-state index is 13.5. The van der Waals surface area contributed by atoms with Crippen LogP contribution in [0.3, 0.4) is 0 Å². The van der Waals surface area contributed by atoms with E-state index in [0.29, 0.717) is 22.7 Å². The zero-order valence-corrected chi connectivity index (χ0v) is 20.5. The van der Waals surface area contributed by atoms with Gasteiger partial charge in [-0.1, -0.05) is 24.3 Å². The largest absolute Gasteiger partial charge is 0.494 e. The summed E-state index contributed by atoms with van der Waals surface area (Å²) in [5, 5.41) is 9.72. The van der Waals surface area contributed by atoms with Gasteiger partial charge < -0.3 is 14.8 Å². The highest BCUT2D eigenvalue weighted by Crippen LogP contribution is 2.31. The molecule has 1 N–H and O–H groups in total. The number of fused-ring (bicyclic) bond motifs is 1. The molecule has 0 unspecified atom stereocenters. The molecule has 0 saturated heterocycles. The highest BCUT2D eigenvalue weighted by molar-refractivity contribution is 7.16. The topological polar surface area (TPSA) is 99.5 Å². The summed E-state index contributed by atoms with van der Waals surface area (Å²) in [5.74, 6) is -0.186. The lowest BCUT2D eigenvalue weighted by atomic mass is 10.1. The molecule has 0 fully saturated rings. The summed E-state index contributed by atoms with van der Waals surface area (Å²) in [6.07, 6.45) is 0.119. The van der Waals surface area contributed by atoms with Crippen molar-refractivity contribution in [2.45, 2.75) is 27.2 Å². The number of ether oxygens (including phenoxy) is 2. The van der Waals surface area contributed by atoms with Gasteiger partial charge in [0.25, 0.3) is 5.56 Å². The minimum Gasteiger partial charge on any atom is -0.494 e. The molecule has 9 heteroatoms. The van der Waals surface area contributed by atoms with Crippen molar-refractivity contribution in [3.8, 4) is 11.4 Å². The van der Waals surface area contributed by atoms with E-state index in [4.69, 9.17) is 9.47 Å². The fourth-order valence-corrected chi connectivity index (χ4v) is 4.61. The number of carbonyl (C=O) groups is 2. The van der Waals surface area contributed by atoms with Crippen LogP contribution in [0.2, 0.25) is 0 Å². The number of carbonyl (C=O) groups excluding carboxylic acids is 2. The van der Waals surface area contributed by atoms with Crippen molar-refractivity contribution in [2.75, 3.05) is 18.5 Å². The van der Waals surface area contributed by atoms with E-state index in [1.165, 1.54) is 16.0 Å². The van der Waals surface area contributed by atoms with Crippen LogP contribution >= 0.6 is 11.3 Å². The number of aromatic nitrogens is 2. The summed E-state index contributed by atoms with van der Waals surface area (Å²) in [4.78, 5) is 39.0. The number of nitrogens with one attached hydrogen (secondary N) is 1. The van der Waals surface area contributed by atoms with Crippen LogP contribution in [0.1, 0.15) is 35.5 Å². The maximum atomic E-state index is 13.5. The number of aryl methyl sites for hydroxylation is 1. The zero-order valence-electron chi connectivity index (χ0n) is 19.7. The monoisotopic (exact) mass is 491 g/mol. The number of hydrogen-bond donors (Lipinski definition) is 1. The number of nitrogens with zero attached hydrogens (tertiary/aromatic N) is 2. The molecule has 2 heterocycles. The fourth-order valence-electron chi connectivity index (χ4n) is 3.65. The van der Waals surface area contributed by atoms with E-state index in [-0.39, 0.29) is 30.0 Å². The Balaban J connectivity index is 1.72. The third-order valence-corrected chi connectivity index (χ3v) is 6.11. The molecular weight excluding hydrogens is 466 g/mol. The van der Waals surface area contributed by atoms with E-state index < -0.39 is 11.5 Å². The van der Waals surface area contributed by atoms with E-state index in [2.05, 4.69) is 10.4 Å². The van der Waals surface area contributed by atoms with Crippen LogP contribution in [-0.4, -0.2) is 34.9 Å². The Morgan fingerprint density at radius 2 is 1.86 bits per heavy atom. The molecule has 0 atom stereocenters. The standard InChI is InChI=1S/C26H25N3O5S/c1-4-33-19-11-9-17(10-12-19)14-21(30)27-24-22-20(15-35-24)23(26(32)34-5-2)28-29(25(22)31)18-8-6-7-16(3)13-18/h6-13,15H,4-5,14H2,1-3H3,(H,27,30). The van der Waals surface area contributed by atoms with Crippen molar-refractivity contribution < 1.29 is 19.1 Å². The average molecular weight is 492 g/mol. The highest BCUT2D eigenvalue weighted by Gasteiger charge is 2.23. The number of rotatable bonds is 8. The lowest BCUT2D eigenvalue weighted by molar-refractivity contribution is -0.115. The van der Waals surface area contributed by atoms with Gasteiger partial charge in [0, 0.05) is 10.8 Å². The molecule has 8 nitrogen and oxygen atoms in total. The highest BCUT2D eigenvalue weighted by atomic mass is 32.1. The summed E-state index contributed by atoms with van der Waals surface area (Å²) in [7, 11) is 0. The first-order valence-corrected chi connectivity index (χ1v) is 12.1. The fraction of sp³-hybridized carbons (Fsp3) is 0.231. The van der Waals surface area contributed by atoms with Crippen LogP contribution in [0.5, 0.6) is 5.75 Å². The molecule has 0 aliphatic rings. The summed E-state index contributed by atoms with van der Waals surface area (Å²) in [6.45, 7) is 6.24. The van der Waals surface area contributed by atoms with Crippen molar-refractivity contribution in [1.82, 2.24) is 9.78 Å². The van der Waals surface area contributed by atoms with E-state index in [1.807, 2.05) is 44.2 Å². The molecule has 1 amide bonds. The Bertz CT molecular complexity index is 1440. The van der Waals surface area contributed by atoms with E-state index >= 15 is 0 Å². The Labute approximate surface area is 206 Å². The summed E-state index contributed by atoms with van der Waals surface area (Å²) >= 11 is 1.17. The molecule has 0 radical (unpaired) electrons. The molecule has 35 heavy (non-hydrogen) atoms. The SMILES string of the molecule is CCOC(=O)c1nn(-c2cccc(C)c2)c(=O)c2c(NC(=O)Cc3ccc(OCC)cc3)scc12. The van der Waals surface area contributed by atoms with Crippen molar-refractivity contribution in [1.29, 1.82) is 0 Å². The van der Waals surface area contributed by atoms with Gasteiger partial charge in [-0.15, -0.1) is 11.3 Å². The quantitative estimate of drug-likeness (QED) is 0.364. The van der Waals surface area contributed by atoms with Gasteiger partial charge in [-0.25, -0.2) is 4.79 Å². The number of benzene rings is 2. The van der Waals surface area contributed by atoms with E-state index in [9.17, 15) is 14.4 Å². The molecule has 4 rings (SSSR count). The number of amides is 1. The molecule has 0 bridgehead atoms. The molecule has 0 saturated carbocycles. The Kier molecular flexibility index (Phi) is 7.26. The van der Waals surface area contributed by atoms with Gasteiger partial charge >= 0.3 is 5.97 Å². The van der Waals surface area contributed by atoms with Crippen LogP contribution in [0.25, 0.3) is 16.5 Å². The van der Waals surface area contributed by atoms with Crippen molar-refractivity contribution >= 4 is 39.0 Å². The number of thiophene rings is 1. The number of anilines is 1. The average Bonchev–Trinajstić information content (AvgIpc) is 3.25. The van der Waals surface area contributed by atoms with Crippen molar-refractivity contribution in [3.05, 3.63) is 81.1 Å². The van der Waals surface area contributed by atoms with Crippen molar-refractivity contribution in [2.24, 2.45) is 0 Å². The van der Waals surface area contributed by atoms with Gasteiger partial charge in [-0.05, 0) is 56.2 Å². The van der Waals surface area contributed by atoms with Crippen LogP contribution in [0, 0.1) is 6.92 Å². The number of hydrogen-bond acceptors (Lipinski definition) is 7. The van der Waals surface area contributed by atoms with Crippen LogP contribution < -0.4 is 15.6 Å². The van der Waals surface area contributed by atoms with Crippen molar-refractivity contribution in [3.63, 3.8) is 0 Å². The predicted molar refractivity (Wildman–Crippen MR) is 136 cm³/mol. The minimum atomic E-state index is -0.635. The Hall–Kier alpha value is -3.98.